The van der Waals surface area contributed by atoms with E-state index in [1.165, 1.54) is 11.0 Å². The van der Waals surface area contributed by atoms with E-state index in [4.69, 9.17) is 4.74 Å². The van der Waals surface area contributed by atoms with Crippen LogP contribution in [0, 0.1) is 0 Å². The number of amides is 2. The lowest BCUT2D eigenvalue weighted by molar-refractivity contribution is -0.138. The Morgan fingerprint density at radius 2 is 1.87 bits per heavy atom. The first-order chi connectivity index (χ1) is 6.77. The van der Waals surface area contributed by atoms with Crippen molar-refractivity contribution in [1.29, 1.82) is 0 Å². The maximum atomic E-state index is 11.6. The van der Waals surface area contributed by atoms with Gasteiger partial charge in [0.15, 0.2) is 0 Å². The van der Waals surface area contributed by atoms with Crippen LogP contribution >= 0.6 is 0 Å². The number of rotatable bonds is 2. The Bertz CT molecular complexity index is 383. The molecule has 1 fully saturated rings. The van der Waals surface area contributed by atoms with Crippen LogP contribution in [0.5, 0.6) is 0 Å². The summed E-state index contributed by atoms with van der Waals surface area (Å²) in [6.07, 6.45) is 1.38. The molecule has 0 N–H and O–H groups in total. The second kappa shape index (κ2) is 2.70. The Labute approximate surface area is 88.9 Å². The lowest BCUT2D eigenvalue weighted by Crippen LogP contribution is -2.40. The van der Waals surface area contributed by atoms with Crippen LogP contribution in [0.4, 0.5) is 0 Å². The van der Waals surface area contributed by atoms with Crippen LogP contribution in [0.25, 0.3) is 0 Å². The monoisotopic (exact) mass is 209 g/mol. The van der Waals surface area contributed by atoms with Crippen molar-refractivity contribution in [2.24, 2.45) is 0 Å². The zero-order valence-electron chi connectivity index (χ0n) is 9.46. The molecule has 0 aromatic rings. The highest BCUT2D eigenvalue weighted by Crippen LogP contribution is 2.47. The number of nitrogens with zero attached hydrogens (tertiary/aromatic N) is 1. The Hall–Kier alpha value is -1.16. The van der Waals surface area contributed by atoms with Crippen LogP contribution in [0.15, 0.2) is 11.6 Å². The molecule has 2 heterocycles. The predicted molar refractivity (Wildman–Crippen MR) is 54.0 cm³/mol. The van der Waals surface area contributed by atoms with Crippen LogP contribution < -0.4 is 0 Å². The van der Waals surface area contributed by atoms with Crippen LogP contribution in [0.3, 0.4) is 0 Å². The normalized spacial score (nSPS) is 33.3. The summed E-state index contributed by atoms with van der Waals surface area (Å²) in [5.74, 6) is -0.433. The summed E-state index contributed by atoms with van der Waals surface area (Å²) in [6.45, 7) is 7.82. The van der Waals surface area contributed by atoms with Gasteiger partial charge in [0.25, 0.3) is 11.8 Å². The molecule has 4 nitrogen and oxygen atoms in total. The third-order valence-electron chi connectivity index (χ3n) is 3.36. The lowest BCUT2D eigenvalue weighted by Gasteiger charge is -2.18. The van der Waals surface area contributed by atoms with Gasteiger partial charge in [-0.1, -0.05) is 0 Å². The first-order valence-electron chi connectivity index (χ1n) is 5.01. The van der Waals surface area contributed by atoms with Gasteiger partial charge in [-0.15, -0.1) is 0 Å². The maximum Gasteiger partial charge on any atom is 0.256 e. The molecule has 2 amide bonds. The van der Waals surface area contributed by atoms with Crippen molar-refractivity contribution >= 4 is 11.8 Å². The molecule has 15 heavy (non-hydrogen) atoms. The first-order valence-corrected chi connectivity index (χ1v) is 5.01. The van der Waals surface area contributed by atoms with Crippen molar-refractivity contribution in [3.05, 3.63) is 11.6 Å². The van der Waals surface area contributed by atoms with E-state index in [0.717, 1.165) is 0 Å². The van der Waals surface area contributed by atoms with E-state index >= 15 is 0 Å². The van der Waals surface area contributed by atoms with Crippen molar-refractivity contribution < 1.29 is 14.3 Å². The zero-order valence-corrected chi connectivity index (χ0v) is 9.46. The van der Waals surface area contributed by atoms with Crippen LogP contribution in [0.1, 0.15) is 27.7 Å². The molecule has 2 aliphatic heterocycles. The quantitative estimate of drug-likeness (QED) is 0.501. The summed E-state index contributed by atoms with van der Waals surface area (Å²) >= 11 is 0. The number of imide groups is 1. The van der Waals surface area contributed by atoms with E-state index in [1.54, 1.807) is 6.92 Å². The summed E-state index contributed by atoms with van der Waals surface area (Å²) in [5, 5.41) is 0. The van der Waals surface area contributed by atoms with E-state index in [0.29, 0.717) is 12.1 Å². The topological polar surface area (TPSA) is 49.9 Å². The highest BCUT2D eigenvalue weighted by Gasteiger charge is 2.61. The van der Waals surface area contributed by atoms with Crippen LogP contribution in [-0.2, 0) is 14.3 Å². The molecule has 0 aromatic heterocycles. The molecule has 1 unspecified atom stereocenters. The molecule has 2 rings (SSSR count). The number of ether oxygens (including phenoxy) is 1. The number of epoxide rings is 1. The van der Waals surface area contributed by atoms with Crippen LogP contribution in [0.2, 0.25) is 0 Å². The molecule has 4 heteroatoms. The Balaban J connectivity index is 2.10. The fraction of sp³-hybridized carbons (Fsp3) is 0.636. The average molecular weight is 209 g/mol. The Morgan fingerprint density at radius 3 is 2.20 bits per heavy atom. The summed E-state index contributed by atoms with van der Waals surface area (Å²) in [7, 11) is 0. The molecule has 0 spiro atoms. The van der Waals surface area contributed by atoms with Gasteiger partial charge < -0.3 is 4.74 Å². The summed E-state index contributed by atoms with van der Waals surface area (Å²) in [6, 6.07) is 0. The van der Waals surface area contributed by atoms with Gasteiger partial charge in [-0.05, 0) is 27.7 Å². The molecule has 82 valence electrons. The minimum absolute atomic E-state index is 0.201. The van der Waals surface area contributed by atoms with Gasteiger partial charge in [0.1, 0.15) is 5.60 Å². The van der Waals surface area contributed by atoms with Gasteiger partial charge in [0.2, 0.25) is 0 Å². The van der Waals surface area contributed by atoms with Gasteiger partial charge in [-0.2, -0.15) is 0 Å². The van der Waals surface area contributed by atoms with Crippen molar-refractivity contribution in [3.63, 3.8) is 0 Å². The second-order valence-electron chi connectivity index (χ2n) is 4.90. The molecule has 0 aliphatic carbocycles. The zero-order chi connectivity index (χ0) is 11.4. The first kappa shape index (κ1) is 10.4. The summed E-state index contributed by atoms with van der Waals surface area (Å²) in [5.41, 5.74) is -0.136. The Morgan fingerprint density at radius 1 is 1.33 bits per heavy atom. The highest BCUT2D eigenvalue weighted by atomic mass is 16.6. The van der Waals surface area contributed by atoms with Crippen molar-refractivity contribution in [2.75, 3.05) is 6.54 Å². The molecule has 2 aliphatic rings. The third kappa shape index (κ3) is 1.40. The number of hydrogen-bond acceptors (Lipinski definition) is 3. The second-order valence-corrected chi connectivity index (χ2v) is 4.90. The van der Waals surface area contributed by atoms with Crippen LogP contribution in [-0.4, -0.2) is 34.5 Å². The fourth-order valence-corrected chi connectivity index (χ4v) is 1.85. The smallest absolute Gasteiger partial charge is 0.256 e. The third-order valence-corrected chi connectivity index (χ3v) is 3.36. The number of carbonyl (C=O) groups excluding carboxylic acids is 2. The molecule has 1 atom stereocenters. The molecule has 1 saturated heterocycles. The largest absolute Gasteiger partial charge is 0.361 e. The van der Waals surface area contributed by atoms with E-state index < -0.39 is 5.60 Å². The van der Waals surface area contributed by atoms with E-state index in [1.807, 2.05) is 20.8 Å². The molecule has 0 bridgehead atoms. The van der Waals surface area contributed by atoms with Crippen molar-refractivity contribution in [1.82, 2.24) is 4.90 Å². The van der Waals surface area contributed by atoms with E-state index in [9.17, 15) is 9.59 Å². The fourth-order valence-electron chi connectivity index (χ4n) is 1.85. The van der Waals surface area contributed by atoms with E-state index in [2.05, 4.69) is 0 Å². The maximum absolute atomic E-state index is 11.6. The van der Waals surface area contributed by atoms with Gasteiger partial charge in [-0.3, -0.25) is 14.5 Å². The van der Waals surface area contributed by atoms with Gasteiger partial charge in [0, 0.05) is 11.6 Å². The average Bonchev–Trinajstić information content (AvgIpc) is 2.50. The van der Waals surface area contributed by atoms with Gasteiger partial charge >= 0.3 is 0 Å². The number of carbonyl (C=O) groups is 2. The standard InChI is InChI=1S/C11H15NO3/c1-7-5-8(13)12(9(7)14)6-11(4)10(2,3)15-11/h5H,6H2,1-4H3. The number of hydrogen-bond donors (Lipinski definition) is 0. The molecular weight excluding hydrogens is 194 g/mol. The van der Waals surface area contributed by atoms with Gasteiger partial charge in [0.05, 0.1) is 12.1 Å². The van der Waals surface area contributed by atoms with Crippen molar-refractivity contribution in [2.45, 2.75) is 38.9 Å². The highest BCUT2D eigenvalue weighted by molar-refractivity contribution is 6.15. The SMILES string of the molecule is CC1=CC(=O)N(CC2(C)OC2(C)C)C1=O. The van der Waals surface area contributed by atoms with Gasteiger partial charge in [-0.25, -0.2) is 0 Å². The molecular formula is C11H15NO3. The van der Waals surface area contributed by atoms with E-state index in [-0.39, 0.29) is 17.4 Å². The summed E-state index contributed by atoms with van der Waals surface area (Å²) < 4.78 is 5.52. The molecule has 0 aromatic carbocycles. The Kier molecular flexibility index (Phi) is 1.86. The molecule has 0 radical (unpaired) electrons. The molecule has 0 saturated carbocycles. The predicted octanol–water partition coefficient (Wildman–Crippen LogP) is 0.869. The minimum atomic E-state index is -0.392. The van der Waals surface area contributed by atoms with Crippen molar-refractivity contribution in [3.8, 4) is 0 Å². The minimum Gasteiger partial charge on any atom is -0.361 e. The summed E-state index contributed by atoms with van der Waals surface area (Å²) in [4.78, 5) is 24.4. The lowest BCUT2D eigenvalue weighted by atomic mass is 9.97.